The molecule has 7 nitrogen and oxygen atoms in total. The summed E-state index contributed by atoms with van der Waals surface area (Å²) >= 11 is 0. The lowest BCUT2D eigenvalue weighted by molar-refractivity contribution is 0.00862. The molecule has 1 N–H and O–H groups in total. The van der Waals surface area contributed by atoms with Gasteiger partial charge in [0.2, 0.25) is 0 Å². The predicted molar refractivity (Wildman–Crippen MR) is 117 cm³/mol. The molecule has 164 valence electrons. The number of aliphatic hydroxyl groups is 1. The van der Waals surface area contributed by atoms with Crippen molar-refractivity contribution in [1.82, 2.24) is 4.90 Å². The molecule has 2 aromatic rings. The number of hydrogen-bond acceptors (Lipinski definition) is 7. The second-order valence-corrected chi connectivity index (χ2v) is 7.33. The van der Waals surface area contributed by atoms with Crippen molar-refractivity contribution in [2.45, 2.75) is 12.7 Å². The van der Waals surface area contributed by atoms with Gasteiger partial charge in [0, 0.05) is 44.0 Å². The average molecular weight is 417 g/mol. The first-order valence-electron chi connectivity index (χ1n) is 10.2. The molecule has 0 unspecified atom stereocenters. The average Bonchev–Trinajstić information content (AvgIpc) is 2.79. The van der Waals surface area contributed by atoms with Gasteiger partial charge in [-0.25, -0.2) is 0 Å². The van der Waals surface area contributed by atoms with Crippen LogP contribution in [0.3, 0.4) is 0 Å². The van der Waals surface area contributed by atoms with Gasteiger partial charge in [0.25, 0.3) is 0 Å². The number of piperazine rings is 1. The van der Waals surface area contributed by atoms with Gasteiger partial charge < -0.3 is 29.0 Å². The molecule has 1 heterocycles. The van der Waals surface area contributed by atoms with E-state index >= 15 is 0 Å². The van der Waals surface area contributed by atoms with Crippen molar-refractivity contribution in [3.63, 3.8) is 0 Å². The van der Waals surface area contributed by atoms with E-state index in [2.05, 4.69) is 21.9 Å². The Morgan fingerprint density at radius 1 is 0.867 bits per heavy atom. The first kappa shape index (κ1) is 22.2. The molecule has 2 aromatic carbocycles. The van der Waals surface area contributed by atoms with E-state index in [1.54, 1.807) is 21.3 Å². The van der Waals surface area contributed by atoms with Gasteiger partial charge in [-0.05, 0) is 42.5 Å². The maximum atomic E-state index is 10.4. The van der Waals surface area contributed by atoms with E-state index in [0.29, 0.717) is 13.2 Å². The van der Waals surface area contributed by atoms with Crippen LogP contribution in [0.1, 0.15) is 5.56 Å². The minimum Gasteiger partial charge on any atom is -0.497 e. The van der Waals surface area contributed by atoms with Crippen LogP contribution < -0.4 is 19.1 Å². The molecule has 0 aromatic heterocycles. The molecule has 0 bridgehead atoms. The maximum Gasteiger partial charge on any atom is 0.124 e. The molecule has 1 aliphatic heterocycles. The van der Waals surface area contributed by atoms with E-state index in [1.807, 2.05) is 30.3 Å². The zero-order chi connectivity index (χ0) is 21.3. The number of anilines is 1. The molecule has 1 saturated heterocycles. The van der Waals surface area contributed by atoms with Crippen LogP contribution >= 0.6 is 0 Å². The van der Waals surface area contributed by atoms with Crippen molar-refractivity contribution >= 4 is 5.69 Å². The summed E-state index contributed by atoms with van der Waals surface area (Å²) in [6.07, 6.45) is -0.533. The van der Waals surface area contributed by atoms with Crippen molar-refractivity contribution in [1.29, 1.82) is 0 Å². The third kappa shape index (κ3) is 6.01. The van der Waals surface area contributed by atoms with E-state index in [1.165, 1.54) is 5.69 Å². The highest BCUT2D eigenvalue weighted by Crippen LogP contribution is 2.25. The fraction of sp³-hybridized carbons (Fsp3) is 0.478. The Morgan fingerprint density at radius 3 is 2.17 bits per heavy atom. The minimum absolute atomic E-state index is 0.277. The van der Waals surface area contributed by atoms with Crippen LogP contribution in [0.25, 0.3) is 0 Å². The largest absolute Gasteiger partial charge is 0.497 e. The lowest BCUT2D eigenvalue weighted by Crippen LogP contribution is -2.49. The van der Waals surface area contributed by atoms with E-state index in [-0.39, 0.29) is 6.61 Å². The van der Waals surface area contributed by atoms with Gasteiger partial charge in [-0.1, -0.05) is 0 Å². The van der Waals surface area contributed by atoms with Crippen LogP contribution in [0.2, 0.25) is 0 Å². The Morgan fingerprint density at radius 2 is 1.53 bits per heavy atom. The summed E-state index contributed by atoms with van der Waals surface area (Å²) in [4.78, 5) is 4.63. The number of β-amino-alcohol motifs (C(OH)–C–C–N with tert-alkyl or cyclic N) is 1. The molecular formula is C23H32N2O5. The summed E-state index contributed by atoms with van der Waals surface area (Å²) in [5.74, 6) is 2.37. The van der Waals surface area contributed by atoms with Crippen LogP contribution in [0.4, 0.5) is 5.69 Å². The number of methoxy groups -OCH3 is 3. The maximum absolute atomic E-state index is 10.4. The summed E-state index contributed by atoms with van der Waals surface area (Å²) in [5.41, 5.74) is 2.10. The molecule has 1 aliphatic rings. The Kier molecular flexibility index (Phi) is 8.19. The molecular weight excluding hydrogens is 384 g/mol. The lowest BCUT2D eigenvalue weighted by Gasteiger charge is -2.36. The number of aliphatic hydroxyl groups excluding tert-OH is 1. The summed E-state index contributed by atoms with van der Waals surface area (Å²) in [7, 11) is 4.94. The van der Waals surface area contributed by atoms with Crippen LogP contribution in [-0.2, 0) is 11.3 Å². The van der Waals surface area contributed by atoms with Crippen molar-refractivity contribution in [3.05, 3.63) is 48.0 Å². The standard InChI is InChI=1S/C23H32N2O5/c1-27-21-6-4-19(5-7-21)25-12-10-24(11-13-25)15-20(26)17-30-16-18-14-22(28-2)8-9-23(18)29-3/h4-9,14,20,26H,10-13,15-17H2,1-3H3/t20-/m0/s1. The first-order valence-corrected chi connectivity index (χ1v) is 10.2. The number of hydrogen-bond donors (Lipinski definition) is 1. The zero-order valence-corrected chi connectivity index (χ0v) is 18.0. The van der Waals surface area contributed by atoms with Crippen molar-refractivity contribution in [2.24, 2.45) is 0 Å². The normalized spacial score (nSPS) is 15.7. The highest BCUT2D eigenvalue weighted by atomic mass is 16.5. The molecule has 0 amide bonds. The summed E-state index contributed by atoms with van der Waals surface area (Å²) in [6.45, 7) is 4.93. The van der Waals surface area contributed by atoms with E-state index < -0.39 is 6.10 Å². The predicted octanol–water partition coefficient (Wildman–Crippen LogP) is 2.41. The van der Waals surface area contributed by atoms with E-state index in [9.17, 15) is 5.11 Å². The lowest BCUT2D eigenvalue weighted by atomic mass is 10.2. The first-order chi connectivity index (χ1) is 14.6. The number of benzene rings is 2. The minimum atomic E-state index is -0.533. The van der Waals surface area contributed by atoms with Crippen molar-refractivity contribution < 1.29 is 24.1 Å². The monoisotopic (exact) mass is 416 g/mol. The van der Waals surface area contributed by atoms with Gasteiger partial charge in [0.05, 0.1) is 40.6 Å². The molecule has 1 atom stereocenters. The van der Waals surface area contributed by atoms with Crippen LogP contribution in [0.5, 0.6) is 17.2 Å². The molecule has 1 fully saturated rings. The molecule has 0 radical (unpaired) electrons. The molecule has 0 aliphatic carbocycles. The van der Waals surface area contributed by atoms with Crippen LogP contribution in [0.15, 0.2) is 42.5 Å². The summed E-state index contributed by atoms with van der Waals surface area (Å²) in [5, 5.41) is 10.4. The van der Waals surface area contributed by atoms with Gasteiger partial charge in [-0.15, -0.1) is 0 Å². The van der Waals surface area contributed by atoms with Crippen molar-refractivity contribution in [2.75, 3.05) is 65.6 Å². The number of ether oxygens (including phenoxy) is 4. The summed E-state index contributed by atoms with van der Waals surface area (Å²) in [6, 6.07) is 13.7. The highest BCUT2D eigenvalue weighted by Gasteiger charge is 2.20. The molecule has 7 heteroatoms. The second kappa shape index (κ2) is 11.1. The Hall–Kier alpha value is -2.48. The topological polar surface area (TPSA) is 63.6 Å². The van der Waals surface area contributed by atoms with Gasteiger partial charge in [0.1, 0.15) is 17.2 Å². The number of rotatable bonds is 10. The zero-order valence-electron chi connectivity index (χ0n) is 18.0. The van der Waals surface area contributed by atoms with E-state index in [4.69, 9.17) is 18.9 Å². The molecule has 0 saturated carbocycles. The molecule has 0 spiro atoms. The second-order valence-electron chi connectivity index (χ2n) is 7.33. The van der Waals surface area contributed by atoms with Gasteiger partial charge in [0.15, 0.2) is 0 Å². The Labute approximate surface area is 178 Å². The van der Waals surface area contributed by atoms with Gasteiger partial charge in [-0.3, -0.25) is 4.90 Å². The number of nitrogens with zero attached hydrogens (tertiary/aromatic N) is 2. The smallest absolute Gasteiger partial charge is 0.124 e. The highest BCUT2D eigenvalue weighted by molar-refractivity contribution is 5.49. The fourth-order valence-corrected chi connectivity index (χ4v) is 3.63. The third-order valence-electron chi connectivity index (χ3n) is 5.33. The summed E-state index contributed by atoms with van der Waals surface area (Å²) < 4.78 is 21.6. The van der Waals surface area contributed by atoms with Gasteiger partial charge >= 0.3 is 0 Å². The van der Waals surface area contributed by atoms with Crippen molar-refractivity contribution in [3.8, 4) is 17.2 Å². The third-order valence-corrected chi connectivity index (χ3v) is 5.33. The van der Waals surface area contributed by atoms with Gasteiger partial charge in [-0.2, -0.15) is 0 Å². The molecule has 30 heavy (non-hydrogen) atoms. The fourth-order valence-electron chi connectivity index (χ4n) is 3.63. The Bertz CT molecular complexity index is 776. The quantitative estimate of drug-likeness (QED) is 0.638. The Balaban J connectivity index is 1.40. The van der Waals surface area contributed by atoms with Crippen LogP contribution in [0, 0.1) is 0 Å². The molecule has 3 rings (SSSR count). The van der Waals surface area contributed by atoms with Crippen LogP contribution in [-0.4, -0.2) is 76.8 Å². The van der Waals surface area contributed by atoms with E-state index in [0.717, 1.165) is 49.0 Å². The SMILES string of the molecule is COc1ccc(N2CCN(C[C@H](O)COCc3cc(OC)ccc3OC)CC2)cc1.